The summed E-state index contributed by atoms with van der Waals surface area (Å²) >= 11 is 5.98. The summed E-state index contributed by atoms with van der Waals surface area (Å²) in [7, 11) is 0. The Kier molecular flexibility index (Phi) is 4.82. The van der Waals surface area contributed by atoms with Crippen molar-refractivity contribution in [2.45, 2.75) is 58.0 Å². The van der Waals surface area contributed by atoms with Crippen molar-refractivity contribution in [1.29, 1.82) is 0 Å². The molecule has 2 rings (SSSR count). The maximum atomic E-state index is 12.1. The molecular weight excluding hydrogens is 286 g/mol. The molecule has 1 atom stereocenters. The molecule has 4 heteroatoms. The fraction of sp³-hybridized carbons (Fsp3) is 0.588. The van der Waals surface area contributed by atoms with E-state index in [1.807, 2.05) is 32.9 Å². The predicted molar refractivity (Wildman–Crippen MR) is 86.4 cm³/mol. The van der Waals surface area contributed by atoms with Crippen LogP contribution in [-0.4, -0.2) is 11.6 Å². The van der Waals surface area contributed by atoms with Crippen molar-refractivity contribution < 1.29 is 9.53 Å². The number of rotatable bonds is 5. The highest BCUT2D eigenvalue weighted by Crippen LogP contribution is 2.41. The number of ether oxygens (including phenoxy) is 1. The first-order chi connectivity index (χ1) is 9.74. The lowest BCUT2D eigenvalue weighted by atomic mass is 9.90. The Morgan fingerprint density at radius 2 is 2.10 bits per heavy atom. The van der Waals surface area contributed by atoms with E-state index in [1.165, 1.54) is 12.8 Å². The van der Waals surface area contributed by atoms with E-state index in [9.17, 15) is 4.79 Å². The van der Waals surface area contributed by atoms with Gasteiger partial charge in [0.25, 0.3) is 0 Å². The summed E-state index contributed by atoms with van der Waals surface area (Å²) in [6.07, 6.45) is 3.93. The van der Waals surface area contributed by atoms with Gasteiger partial charge in [-0.3, -0.25) is 4.79 Å². The van der Waals surface area contributed by atoms with Crippen molar-refractivity contribution in [2.75, 3.05) is 5.73 Å². The third-order valence-electron chi connectivity index (χ3n) is 3.64. The van der Waals surface area contributed by atoms with Crippen LogP contribution in [-0.2, 0) is 9.53 Å². The van der Waals surface area contributed by atoms with E-state index in [4.69, 9.17) is 22.1 Å². The van der Waals surface area contributed by atoms with Crippen LogP contribution in [0.3, 0.4) is 0 Å². The third kappa shape index (κ3) is 5.24. The Bertz CT molecular complexity index is 518. The van der Waals surface area contributed by atoms with Gasteiger partial charge in [0, 0.05) is 0 Å². The predicted octanol–water partition coefficient (Wildman–Crippen LogP) is 4.54. The number of carbonyl (C=O) groups excluding carboxylic acids is 1. The number of benzene rings is 1. The van der Waals surface area contributed by atoms with Crippen LogP contribution in [0.15, 0.2) is 18.2 Å². The molecule has 0 aliphatic heterocycles. The van der Waals surface area contributed by atoms with Crippen LogP contribution in [0.4, 0.5) is 5.69 Å². The van der Waals surface area contributed by atoms with E-state index < -0.39 is 5.60 Å². The highest BCUT2D eigenvalue weighted by atomic mass is 35.5. The van der Waals surface area contributed by atoms with E-state index in [0.29, 0.717) is 17.1 Å². The summed E-state index contributed by atoms with van der Waals surface area (Å²) in [6.45, 7) is 5.67. The van der Waals surface area contributed by atoms with E-state index in [2.05, 4.69) is 0 Å². The Hall–Kier alpha value is -1.22. The zero-order valence-electron chi connectivity index (χ0n) is 13.0. The zero-order valence-corrected chi connectivity index (χ0v) is 13.7. The van der Waals surface area contributed by atoms with Gasteiger partial charge in [-0.15, -0.1) is 0 Å². The van der Waals surface area contributed by atoms with Crippen LogP contribution < -0.4 is 5.73 Å². The Balaban J connectivity index is 2.10. The van der Waals surface area contributed by atoms with Gasteiger partial charge in [0.2, 0.25) is 0 Å². The zero-order chi connectivity index (χ0) is 15.6. The molecule has 1 fully saturated rings. The molecule has 1 aliphatic carbocycles. The van der Waals surface area contributed by atoms with Gasteiger partial charge in [0.15, 0.2) is 0 Å². The smallest absolute Gasteiger partial charge is 0.306 e. The molecule has 1 aromatic carbocycles. The van der Waals surface area contributed by atoms with Crippen LogP contribution in [0.25, 0.3) is 0 Å². The quantitative estimate of drug-likeness (QED) is 0.642. The average Bonchev–Trinajstić information content (AvgIpc) is 3.13. The molecule has 116 valence electrons. The highest BCUT2D eigenvalue weighted by Gasteiger charge is 2.29. The van der Waals surface area contributed by atoms with Gasteiger partial charge in [0.1, 0.15) is 5.60 Å². The fourth-order valence-electron chi connectivity index (χ4n) is 2.49. The third-order valence-corrected chi connectivity index (χ3v) is 3.98. The first kappa shape index (κ1) is 16.2. The van der Waals surface area contributed by atoms with E-state index in [-0.39, 0.29) is 11.9 Å². The van der Waals surface area contributed by atoms with Gasteiger partial charge in [-0.2, -0.15) is 0 Å². The lowest BCUT2D eigenvalue weighted by molar-refractivity contribution is -0.155. The second-order valence-electron chi connectivity index (χ2n) is 6.95. The molecule has 0 heterocycles. The second-order valence-corrected chi connectivity index (χ2v) is 7.35. The molecule has 0 amide bonds. The number of halogens is 1. The minimum atomic E-state index is -0.444. The van der Waals surface area contributed by atoms with Gasteiger partial charge in [-0.25, -0.2) is 0 Å². The van der Waals surface area contributed by atoms with Gasteiger partial charge >= 0.3 is 5.97 Å². The minimum Gasteiger partial charge on any atom is -0.460 e. The van der Waals surface area contributed by atoms with Crippen molar-refractivity contribution in [1.82, 2.24) is 0 Å². The standard InChI is InChI=1S/C17H24ClNO2/c1-17(2,3)21-16(20)10-13(8-11-4-5-11)12-6-7-14(18)15(19)9-12/h6-7,9,11,13H,4-5,8,10,19H2,1-3H3. The number of hydrogen-bond acceptors (Lipinski definition) is 3. The van der Waals surface area contributed by atoms with Crippen molar-refractivity contribution in [3.8, 4) is 0 Å². The summed E-state index contributed by atoms with van der Waals surface area (Å²) in [6, 6.07) is 5.66. The lowest BCUT2D eigenvalue weighted by Crippen LogP contribution is -2.25. The number of nitrogens with two attached hydrogens (primary N) is 1. The Morgan fingerprint density at radius 3 is 2.62 bits per heavy atom. The molecule has 1 saturated carbocycles. The summed E-state index contributed by atoms with van der Waals surface area (Å²) in [4.78, 5) is 12.1. The van der Waals surface area contributed by atoms with Crippen molar-refractivity contribution in [2.24, 2.45) is 5.92 Å². The first-order valence-corrected chi connectivity index (χ1v) is 7.89. The van der Waals surface area contributed by atoms with E-state index in [1.54, 1.807) is 6.07 Å². The summed E-state index contributed by atoms with van der Waals surface area (Å²) in [5.74, 6) is 0.739. The molecule has 0 bridgehead atoms. The number of carbonyl (C=O) groups is 1. The van der Waals surface area contributed by atoms with Gasteiger partial charge < -0.3 is 10.5 Å². The SMILES string of the molecule is CC(C)(C)OC(=O)CC(CC1CC1)c1ccc(Cl)c(N)c1. The molecule has 0 spiro atoms. The van der Waals surface area contributed by atoms with E-state index >= 15 is 0 Å². The maximum absolute atomic E-state index is 12.1. The first-order valence-electron chi connectivity index (χ1n) is 7.51. The normalized spacial score (nSPS) is 16.6. The Morgan fingerprint density at radius 1 is 1.43 bits per heavy atom. The lowest BCUT2D eigenvalue weighted by Gasteiger charge is -2.23. The number of nitrogen functional groups attached to an aromatic ring is 1. The van der Waals surface area contributed by atoms with Crippen LogP contribution in [0.2, 0.25) is 5.02 Å². The van der Waals surface area contributed by atoms with Gasteiger partial charge in [0.05, 0.1) is 17.1 Å². The average molecular weight is 310 g/mol. The number of anilines is 1. The number of hydrogen-bond donors (Lipinski definition) is 1. The molecular formula is C17H24ClNO2. The molecule has 3 nitrogen and oxygen atoms in total. The molecule has 0 saturated heterocycles. The minimum absolute atomic E-state index is 0.151. The van der Waals surface area contributed by atoms with Crippen molar-refractivity contribution in [3.05, 3.63) is 28.8 Å². The maximum Gasteiger partial charge on any atom is 0.306 e. The topological polar surface area (TPSA) is 52.3 Å². The summed E-state index contributed by atoms with van der Waals surface area (Å²) in [5, 5.41) is 0.557. The van der Waals surface area contributed by atoms with Gasteiger partial charge in [-0.1, -0.05) is 30.5 Å². The fourth-order valence-corrected chi connectivity index (χ4v) is 2.61. The van der Waals surface area contributed by atoms with Crippen molar-refractivity contribution >= 4 is 23.3 Å². The molecule has 1 aliphatic rings. The molecule has 0 aromatic heterocycles. The molecule has 21 heavy (non-hydrogen) atoms. The number of esters is 1. The molecule has 0 radical (unpaired) electrons. The Labute approximate surface area is 131 Å². The van der Waals surface area contributed by atoms with E-state index in [0.717, 1.165) is 17.9 Å². The highest BCUT2D eigenvalue weighted by molar-refractivity contribution is 6.33. The molecule has 1 aromatic rings. The van der Waals surface area contributed by atoms with Crippen LogP contribution in [0.5, 0.6) is 0 Å². The summed E-state index contributed by atoms with van der Waals surface area (Å²) in [5.41, 5.74) is 7.09. The van der Waals surface area contributed by atoms with Crippen molar-refractivity contribution in [3.63, 3.8) is 0 Å². The monoisotopic (exact) mass is 309 g/mol. The molecule has 1 unspecified atom stereocenters. The van der Waals surface area contributed by atoms with Crippen LogP contribution in [0.1, 0.15) is 57.9 Å². The molecule has 2 N–H and O–H groups in total. The largest absolute Gasteiger partial charge is 0.460 e. The van der Waals surface area contributed by atoms with Gasteiger partial charge in [-0.05, 0) is 56.7 Å². The summed E-state index contributed by atoms with van der Waals surface area (Å²) < 4.78 is 5.45. The second kappa shape index (κ2) is 6.27. The van der Waals surface area contributed by atoms with Crippen LogP contribution >= 0.6 is 11.6 Å². The van der Waals surface area contributed by atoms with Crippen LogP contribution in [0, 0.1) is 5.92 Å².